The van der Waals surface area contributed by atoms with Crippen LogP contribution in [0.5, 0.6) is 0 Å². The van der Waals surface area contributed by atoms with Gasteiger partial charge >= 0.3 is 5.51 Å². The average Bonchev–Trinajstić information content (AvgIpc) is 2.67. The van der Waals surface area contributed by atoms with Crippen LogP contribution in [0, 0.1) is 0 Å². The maximum atomic E-state index is 12.8. The van der Waals surface area contributed by atoms with Crippen LogP contribution in [-0.2, 0) is 11.3 Å². The number of alkyl halides is 3. The zero-order valence-corrected chi connectivity index (χ0v) is 16.0. The molecule has 1 amide bonds. The van der Waals surface area contributed by atoms with Gasteiger partial charge in [0, 0.05) is 29.2 Å². The summed E-state index contributed by atoms with van der Waals surface area (Å²) in [6, 6.07) is 13.7. The number of carbonyl (C=O) groups is 1. The summed E-state index contributed by atoms with van der Waals surface area (Å²) in [5, 5.41) is 4.87. The van der Waals surface area contributed by atoms with E-state index in [4.69, 9.17) is 0 Å². The summed E-state index contributed by atoms with van der Waals surface area (Å²) < 4.78 is 37.2. The van der Waals surface area contributed by atoms with Gasteiger partial charge in [-0.3, -0.25) is 9.78 Å². The van der Waals surface area contributed by atoms with Gasteiger partial charge in [-0.25, -0.2) is 0 Å². The van der Waals surface area contributed by atoms with E-state index in [1.165, 1.54) is 12.1 Å². The van der Waals surface area contributed by atoms with Crippen LogP contribution >= 0.6 is 11.8 Å². The highest BCUT2D eigenvalue weighted by Gasteiger charge is 2.29. The van der Waals surface area contributed by atoms with E-state index in [2.05, 4.69) is 10.3 Å². The Labute approximate surface area is 165 Å². The third-order valence-corrected chi connectivity index (χ3v) is 5.18. The van der Waals surface area contributed by atoms with Gasteiger partial charge in [0.25, 0.3) is 0 Å². The number of aromatic nitrogens is 1. The summed E-state index contributed by atoms with van der Waals surface area (Å²) >= 11 is -0.152. The fourth-order valence-electron chi connectivity index (χ4n) is 3.12. The highest BCUT2D eigenvalue weighted by atomic mass is 32.2. The lowest BCUT2D eigenvalue weighted by Crippen LogP contribution is -2.28. The molecular weight excluding hydrogens is 385 g/mol. The van der Waals surface area contributed by atoms with Crippen molar-refractivity contribution in [3.63, 3.8) is 0 Å². The van der Waals surface area contributed by atoms with Crippen LogP contribution in [0.3, 0.4) is 0 Å². The fraction of sp³-hybridized carbons (Fsp3) is 0.238. The van der Waals surface area contributed by atoms with Crippen LogP contribution < -0.4 is 5.32 Å². The molecule has 28 heavy (non-hydrogen) atoms. The summed E-state index contributed by atoms with van der Waals surface area (Å²) in [6.07, 6.45) is 4.11. The number of hydrogen-bond donors (Lipinski definition) is 1. The Morgan fingerprint density at radius 2 is 1.89 bits per heavy atom. The van der Waals surface area contributed by atoms with E-state index in [1.807, 2.05) is 31.2 Å². The number of benzene rings is 2. The van der Waals surface area contributed by atoms with Crippen molar-refractivity contribution in [1.29, 1.82) is 0 Å². The highest BCUT2D eigenvalue weighted by molar-refractivity contribution is 8.00. The number of pyridine rings is 1. The number of thioether (sulfide) groups is 1. The van der Waals surface area contributed by atoms with E-state index in [0.717, 1.165) is 21.9 Å². The van der Waals surface area contributed by atoms with E-state index in [-0.39, 0.29) is 35.0 Å². The summed E-state index contributed by atoms with van der Waals surface area (Å²) in [6.45, 7) is 2.21. The third kappa shape index (κ3) is 5.04. The van der Waals surface area contributed by atoms with Gasteiger partial charge in [-0.05, 0) is 52.9 Å². The minimum absolute atomic E-state index is 0.111. The average molecular weight is 404 g/mol. The smallest absolute Gasteiger partial charge is 0.351 e. The molecule has 1 unspecified atom stereocenters. The van der Waals surface area contributed by atoms with Crippen LogP contribution in [0.2, 0.25) is 0 Å². The van der Waals surface area contributed by atoms with E-state index in [9.17, 15) is 18.0 Å². The lowest BCUT2D eigenvalue weighted by atomic mass is 9.91. The Morgan fingerprint density at radius 1 is 1.14 bits per heavy atom. The molecule has 0 fully saturated rings. The van der Waals surface area contributed by atoms with Crippen LogP contribution in [-0.4, -0.2) is 16.4 Å². The van der Waals surface area contributed by atoms with Crippen molar-refractivity contribution >= 4 is 28.4 Å². The summed E-state index contributed by atoms with van der Waals surface area (Å²) in [7, 11) is 0. The molecule has 0 radical (unpaired) electrons. The van der Waals surface area contributed by atoms with Gasteiger partial charge < -0.3 is 5.32 Å². The number of carbonyl (C=O) groups excluding carboxylic acids is 1. The number of fused-ring (bicyclic) bond motifs is 1. The molecule has 0 saturated carbocycles. The topological polar surface area (TPSA) is 42.0 Å². The van der Waals surface area contributed by atoms with Crippen molar-refractivity contribution in [2.45, 2.75) is 36.2 Å². The number of amides is 1. The minimum Gasteiger partial charge on any atom is -0.351 e. The fourth-order valence-corrected chi connectivity index (χ4v) is 3.66. The summed E-state index contributed by atoms with van der Waals surface area (Å²) in [5.41, 5.74) is -2.62. The first-order valence-corrected chi connectivity index (χ1v) is 9.64. The molecule has 1 N–H and O–H groups in total. The first-order chi connectivity index (χ1) is 13.4. The Balaban J connectivity index is 1.69. The molecule has 2 aromatic carbocycles. The van der Waals surface area contributed by atoms with Gasteiger partial charge in [0.1, 0.15) is 0 Å². The molecule has 0 aliphatic heterocycles. The second-order valence-electron chi connectivity index (χ2n) is 6.31. The summed E-state index contributed by atoms with van der Waals surface area (Å²) in [4.78, 5) is 17.0. The first-order valence-electron chi connectivity index (χ1n) is 8.82. The highest BCUT2D eigenvalue weighted by Crippen LogP contribution is 2.36. The molecule has 1 aromatic heterocycles. The van der Waals surface area contributed by atoms with Crippen LogP contribution in [0.4, 0.5) is 13.2 Å². The van der Waals surface area contributed by atoms with E-state index >= 15 is 0 Å². The van der Waals surface area contributed by atoms with Gasteiger partial charge in [0.2, 0.25) is 5.91 Å². The zero-order valence-electron chi connectivity index (χ0n) is 15.2. The number of nitrogens with one attached hydrogen (secondary N) is 1. The lowest BCUT2D eigenvalue weighted by molar-refractivity contribution is -0.122. The SMILES string of the molecule is CCC(C(=O)NCc1ccc(SC(F)(F)F)cc1)c1cccc2cnccc12. The molecule has 0 bridgehead atoms. The monoisotopic (exact) mass is 404 g/mol. The largest absolute Gasteiger partial charge is 0.446 e. The summed E-state index contributed by atoms with van der Waals surface area (Å²) in [5.74, 6) is -0.424. The molecule has 0 saturated heterocycles. The van der Waals surface area contributed by atoms with Crippen LogP contribution in [0.15, 0.2) is 65.8 Å². The molecule has 0 aliphatic carbocycles. The standard InChI is InChI=1S/C21H19F3N2OS/c1-2-17(19-5-3-4-15-13-25-11-10-18(15)19)20(27)26-12-14-6-8-16(9-7-14)28-21(22,23)24/h3-11,13,17H,2,12H2,1H3,(H,26,27). The van der Waals surface area contributed by atoms with Crippen LogP contribution in [0.1, 0.15) is 30.4 Å². The second-order valence-corrected chi connectivity index (χ2v) is 7.45. The van der Waals surface area contributed by atoms with Gasteiger partial charge in [-0.15, -0.1) is 0 Å². The van der Waals surface area contributed by atoms with E-state index < -0.39 is 5.51 Å². The molecule has 0 aliphatic rings. The van der Waals surface area contributed by atoms with Crippen molar-refractivity contribution in [3.05, 3.63) is 72.1 Å². The Kier molecular flexibility index (Phi) is 6.24. The van der Waals surface area contributed by atoms with Crippen molar-refractivity contribution < 1.29 is 18.0 Å². The molecule has 146 valence electrons. The lowest BCUT2D eigenvalue weighted by Gasteiger charge is -2.17. The molecular formula is C21H19F3N2OS. The Morgan fingerprint density at radius 3 is 2.57 bits per heavy atom. The van der Waals surface area contributed by atoms with Gasteiger partial charge in [-0.1, -0.05) is 37.3 Å². The molecule has 1 atom stereocenters. The quantitative estimate of drug-likeness (QED) is 0.539. The predicted octanol–water partition coefficient (Wildman–Crippen LogP) is 5.66. The van der Waals surface area contributed by atoms with Crippen molar-refractivity contribution in [3.8, 4) is 0 Å². The number of nitrogens with zero attached hydrogens (tertiary/aromatic N) is 1. The van der Waals surface area contributed by atoms with E-state index in [0.29, 0.717) is 6.42 Å². The maximum Gasteiger partial charge on any atom is 0.446 e. The zero-order chi connectivity index (χ0) is 20.1. The maximum absolute atomic E-state index is 12.8. The van der Waals surface area contributed by atoms with Crippen molar-refractivity contribution in [2.24, 2.45) is 0 Å². The first kappa shape index (κ1) is 20.2. The molecule has 1 heterocycles. The number of halogens is 3. The van der Waals surface area contributed by atoms with Crippen LogP contribution in [0.25, 0.3) is 10.8 Å². The van der Waals surface area contributed by atoms with E-state index in [1.54, 1.807) is 24.5 Å². The number of rotatable bonds is 6. The molecule has 7 heteroatoms. The van der Waals surface area contributed by atoms with Crippen molar-refractivity contribution in [2.75, 3.05) is 0 Å². The molecule has 3 aromatic rings. The van der Waals surface area contributed by atoms with Gasteiger partial charge in [0.15, 0.2) is 0 Å². The molecule has 0 spiro atoms. The Hall–Kier alpha value is -2.54. The third-order valence-electron chi connectivity index (χ3n) is 4.44. The predicted molar refractivity (Wildman–Crippen MR) is 105 cm³/mol. The van der Waals surface area contributed by atoms with Gasteiger partial charge in [0.05, 0.1) is 5.92 Å². The Bertz CT molecular complexity index is 953. The molecule has 3 nitrogen and oxygen atoms in total. The molecule has 3 rings (SSSR count). The van der Waals surface area contributed by atoms with Crippen molar-refractivity contribution in [1.82, 2.24) is 10.3 Å². The normalized spacial score (nSPS) is 12.7. The number of hydrogen-bond acceptors (Lipinski definition) is 3. The minimum atomic E-state index is -4.31. The second kappa shape index (κ2) is 8.65. The van der Waals surface area contributed by atoms with Gasteiger partial charge in [-0.2, -0.15) is 13.2 Å².